The molecule has 2 aromatic carbocycles. The lowest BCUT2D eigenvalue weighted by Crippen LogP contribution is -2.49. The summed E-state index contributed by atoms with van der Waals surface area (Å²) in [6, 6.07) is 10.4. The Labute approximate surface area is 170 Å². The maximum absolute atomic E-state index is 13.4. The number of benzene rings is 2. The van der Waals surface area contributed by atoms with Gasteiger partial charge < -0.3 is 29.0 Å². The minimum Gasteiger partial charge on any atom is -0.497 e. The molecule has 1 aliphatic rings. The molecule has 0 aromatic heterocycles. The van der Waals surface area contributed by atoms with Crippen molar-refractivity contribution in [1.29, 1.82) is 0 Å². The third-order valence-corrected chi connectivity index (χ3v) is 5.21. The van der Waals surface area contributed by atoms with E-state index in [-0.39, 0.29) is 12.5 Å². The summed E-state index contributed by atoms with van der Waals surface area (Å²) in [6.07, 6.45) is -0.538. The standard InChI is InChI=1S/C22H27NO6/c1-14-11-16(26-2)6-7-17(14)22(25)23-9-10-29-20(13-24)21(23)15-5-8-18(27-3)19(12-15)28-4/h5-8,11-12,20-21,24H,9-10,13H2,1-4H3. The molecule has 0 bridgehead atoms. The molecule has 3 rings (SSSR count). The minimum absolute atomic E-state index is 0.119. The number of carbonyl (C=O) groups is 1. The monoisotopic (exact) mass is 401 g/mol. The third-order valence-electron chi connectivity index (χ3n) is 5.21. The number of nitrogens with zero attached hydrogens (tertiary/aromatic N) is 1. The molecule has 1 heterocycles. The molecule has 1 N–H and O–H groups in total. The van der Waals surface area contributed by atoms with Gasteiger partial charge in [0.05, 0.1) is 40.6 Å². The van der Waals surface area contributed by atoms with Crippen molar-refractivity contribution in [3.8, 4) is 17.2 Å². The minimum atomic E-state index is -0.538. The van der Waals surface area contributed by atoms with Gasteiger partial charge in [-0.05, 0) is 48.4 Å². The fourth-order valence-electron chi connectivity index (χ4n) is 3.70. The summed E-state index contributed by atoms with van der Waals surface area (Å²) in [7, 11) is 4.73. The van der Waals surface area contributed by atoms with Crippen molar-refractivity contribution in [2.24, 2.45) is 0 Å². The molecule has 7 heteroatoms. The highest BCUT2D eigenvalue weighted by Gasteiger charge is 2.37. The van der Waals surface area contributed by atoms with Gasteiger partial charge in [-0.1, -0.05) is 6.07 Å². The quantitative estimate of drug-likeness (QED) is 0.802. The highest BCUT2D eigenvalue weighted by atomic mass is 16.5. The number of morpholine rings is 1. The van der Waals surface area contributed by atoms with Crippen LogP contribution in [0.2, 0.25) is 0 Å². The van der Waals surface area contributed by atoms with E-state index < -0.39 is 12.1 Å². The zero-order valence-electron chi connectivity index (χ0n) is 17.2. The first-order valence-electron chi connectivity index (χ1n) is 9.44. The summed E-state index contributed by atoms with van der Waals surface area (Å²) in [5.41, 5.74) is 2.23. The van der Waals surface area contributed by atoms with Crippen LogP contribution in [0.4, 0.5) is 0 Å². The number of hydrogen-bond donors (Lipinski definition) is 1. The van der Waals surface area contributed by atoms with E-state index in [1.54, 1.807) is 44.4 Å². The number of amides is 1. The Kier molecular flexibility index (Phi) is 6.61. The number of hydrogen-bond acceptors (Lipinski definition) is 6. The maximum Gasteiger partial charge on any atom is 0.254 e. The lowest BCUT2D eigenvalue weighted by Gasteiger charge is -2.41. The number of aryl methyl sites for hydroxylation is 1. The van der Waals surface area contributed by atoms with Gasteiger partial charge in [0.2, 0.25) is 0 Å². The number of aliphatic hydroxyl groups is 1. The molecule has 156 valence electrons. The zero-order chi connectivity index (χ0) is 21.0. The fraction of sp³-hybridized carbons (Fsp3) is 0.409. The first kappa shape index (κ1) is 21.0. The molecule has 2 aromatic rings. The predicted octanol–water partition coefficient (Wildman–Crippen LogP) is 2.60. The number of methoxy groups -OCH3 is 3. The summed E-state index contributed by atoms with van der Waals surface area (Å²) < 4.78 is 21.7. The SMILES string of the molecule is COc1ccc(C(=O)N2CCOC(CO)C2c2ccc(OC)c(OC)c2)c(C)c1. The van der Waals surface area contributed by atoms with E-state index in [1.807, 2.05) is 25.1 Å². The molecule has 2 unspecified atom stereocenters. The van der Waals surface area contributed by atoms with E-state index in [9.17, 15) is 9.90 Å². The first-order valence-corrected chi connectivity index (χ1v) is 9.44. The zero-order valence-corrected chi connectivity index (χ0v) is 17.2. The van der Waals surface area contributed by atoms with Crippen molar-refractivity contribution >= 4 is 5.91 Å². The largest absolute Gasteiger partial charge is 0.497 e. The maximum atomic E-state index is 13.4. The van der Waals surface area contributed by atoms with Crippen molar-refractivity contribution in [1.82, 2.24) is 4.90 Å². The lowest BCUT2D eigenvalue weighted by molar-refractivity contribution is -0.0812. The van der Waals surface area contributed by atoms with Gasteiger partial charge in [0, 0.05) is 12.1 Å². The van der Waals surface area contributed by atoms with Crippen molar-refractivity contribution in [2.75, 3.05) is 41.1 Å². The van der Waals surface area contributed by atoms with Gasteiger partial charge in [-0.15, -0.1) is 0 Å². The Morgan fingerprint density at radius 2 is 1.86 bits per heavy atom. The van der Waals surface area contributed by atoms with Crippen LogP contribution in [0.25, 0.3) is 0 Å². The Bertz CT molecular complexity index is 868. The molecule has 0 saturated carbocycles. The van der Waals surface area contributed by atoms with Crippen LogP contribution in [-0.4, -0.2) is 63.1 Å². The molecule has 29 heavy (non-hydrogen) atoms. The molecule has 1 saturated heterocycles. The van der Waals surface area contributed by atoms with Gasteiger partial charge in [-0.25, -0.2) is 0 Å². The average Bonchev–Trinajstić information content (AvgIpc) is 2.77. The fourth-order valence-corrected chi connectivity index (χ4v) is 3.70. The first-order chi connectivity index (χ1) is 14.0. The highest BCUT2D eigenvalue weighted by Crippen LogP contribution is 2.36. The van der Waals surface area contributed by atoms with Crippen LogP contribution < -0.4 is 14.2 Å². The van der Waals surface area contributed by atoms with Gasteiger partial charge in [-0.2, -0.15) is 0 Å². The summed E-state index contributed by atoms with van der Waals surface area (Å²) in [5.74, 6) is 1.73. The number of rotatable bonds is 6. The summed E-state index contributed by atoms with van der Waals surface area (Å²) >= 11 is 0. The molecule has 2 atom stereocenters. The van der Waals surface area contributed by atoms with Crippen molar-refractivity contribution in [2.45, 2.75) is 19.1 Å². The second kappa shape index (κ2) is 9.15. The Balaban J connectivity index is 2.01. The molecule has 1 aliphatic heterocycles. The van der Waals surface area contributed by atoms with Crippen LogP contribution in [0.5, 0.6) is 17.2 Å². The highest BCUT2D eigenvalue weighted by molar-refractivity contribution is 5.96. The lowest BCUT2D eigenvalue weighted by atomic mass is 9.96. The number of ether oxygens (including phenoxy) is 4. The van der Waals surface area contributed by atoms with Crippen LogP contribution in [0.3, 0.4) is 0 Å². The molecule has 7 nitrogen and oxygen atoms in total. The molecule has 0 spiro atoms. The van der Waals surface area contributed by atoms with E-state index in [1.165, 1.54) is 0 Å². The molecular weight excluding hydrogens is 374 g/mol. The van der Waals surface area contributed by atoms with Crippen LogP contribution in [0, 0.1) is 6.92 Å². The smallest absolute Gasteiger partial charge is 0.254 e. The van der Waals surface area contributed by atoms with Crippen molar-refractivity contribution < 1.29 is 28.8 Å². The van der Waals surface area contributed by atoms with E-state index in [0.29, 0.717) is 36.0 Å². The normalized spacial score (nSPS) is 19.0. The molecule has 0 aliphatic carbocycles. The summed E-state index contributed by atoms with van der Waals surface area (Å²) in [6.45, 7) is 2.45. The van der Waals surface area contributed by atoms with Crippen LogP contribution in [0.1, 0.15) is 27.5 Å². The Morgan fingerprint density at radius 3 is 2.48 bits per heavy atom. The van der Waals surface area contributed by atoms with Gasteiger partial charge in [0.1, 0.15) is 11.9 Å². The van der Waals surface area contributed by atoms with E-state index >= 15 is 0 Å². The average molecular weight is 401 g/mol. The van der Waals surface area contributed by atoms with E-state index in [4.69, 9.17) is 18.9 Å². The van der Waals surface area contributed by atoms with Gasteiger partial charge in [-0.3, -0.25) is 4.79 Å². The summed E-state index contributed by atoms with van der Waals surface area (Å²) in [5, 5.41) is 9.91. The number of aliphatic hydroxyl groups excluding tert-OH is 1. The number of carbonyl (C=O) groups excluding carboxylic acids is 1. The molecule has 1 amide bonds. The van der Waals surface area contributed by atoms with E-state index in [0.717, 1.165) is 11.1 Å². The van der Waals surface area contributed by atoms with Crippen LogP contribution >= 0.6 is 0 Å². The topological polar surface area (TPSA) is 77.5 Å². The second-order valence-electron chi connectivity index (χ2n) is 6.83. The van der Waals surface area contributed by atoms with Crippen LogP contribution in [-0.2, 0) is 4.74 Å². The third kappa shape index (κ3) is 4.16. The summed E-state index contributed by atoms with van der Waals surface area (Å²) in [4.78, 5) is 15.2. The van der Waals surface area contributed by atoms with Crippen LogP contribution in [0.15, 0.2) is 36.4 Å². The van der Waals surface area contributed by atoms with Gasteiger partial charge >= 0.3 is 0 Å². The van der Waals surface area contributed by atoms with Crippen molar-refractivity contribution in [3.05, 3.63) is 53.1 Å². The predicted molar refractivity (Wildman–Crippen MR) is 108 cm³/mol. The Morgan fingerprint density at radius 1 is 1.10 bits per heavy atom. The van der Waals surface area contributed by atoms with Gasteiger partial charge in [0.25, 0.3) is 5.91 Å². The van der Waals surface area contributed by atoms with E-state index in [2.05, 4.69) is 0 Å². The molecule has 1 fully saturated rings. The Hall–Kier alpha value is -2.77. The second-order valence-corrected chi connectivity index (χ2v) is 6.83. The molecule has 0 radical (unpaired) electrons. The van der Waals surface area contributed by atoms with Crippen molar-refractivity contribution in [3.63, 3.8) is 0 Å². The van der Waals surface area contributed by atoms with Gasteiger partial charge in [0.15, 0.2) is 11.5 Å². The molecular formula is C22H27NO6.